The Morgan fingerprint density at radius 3 is 3.12 bits per heavy atom. The van der Waals surface area contributed by atoms with E-state index in [1.54, 1.807) is 0 Å². The number of nitrogens with zero attached hydrogens (tertiary/aromatic N) is 1. The summed E-state index contributed by atoms with van der Waals surface area (Å²) in [5.41, 5.74) is 0. The lowest BCUT2D eigenvalue weighted by Gasteiger charge is -2.20. The van der Waals surface area contributed by atoms with Crippen molar-refractivity contribution < 1.29 is 4.74 Å². The van der Waals surface area contributed by atoms with Crippen molar-refractivity contribution >= 4 is 0 Å². The maximum atomic E-state index is 5.38. The molecule has 0 aromatic carbocycles. The molecule has 2 heteroatoms. The Morgan fingerprint density at radius 2 is 2.50 bits per heavy atom. The number of hydrogen-bond acceptors (Lipinski definition) is 2. The van der Waals surface area contributed by atoms with Crippen molar-refractivity contribution in [3.8, 4) is 0 Å². The van der Waals surface area contributed by atoms with E-state index in [-0.39, 0.29) is 0 Å². The highest BCUT2D eigenvalue weighted by Gasteiger charge is 2.43. The van der Waals surface area contributed by atoms with Gasteiger partial charge in [0.15, 0.2) is 0 Å². The fraction of sp³-hybridized carbons (Fsp3) is 1.00. The molecule has 0 unspecified atom stereocenters. The Kier molecular flexibility index (Phi) is 0.866. The molecule has 0 aromatic rings. The molecule has 0 radical (unpaired) electrons. The van der Waals surface area contributed by atoms with Gasteiger partial charge in [0.05, 0.1) is 12.7 Å². The van der Waals surface area contributed by atoms with Crippen molar-refractivity contribution in [3.05, 3.63) is 0 Å². The van der Waals surface area contributed by atoms with Gasteiger partial charge in [-0.3, -0.25) is 4.90 Å². The normalized spacial score (nSPS) is 46.1. The molecule has 1 heterocycles. The van der Waals surface area contributed by atoms with Gasteiger partial charge in [-0.05, 0) is 13.5 Å². The van der Waals surface area contributed by atoms with Gasteiger partial charge < -0.3 is 4.74 Å². The summed E-state index contributed by atoms with van der Waals surface area (Å²) >= 11 is 0. The third kappa shape index (κ3) is 0.565. The van der Waals surface area contributed by atoms with Gasteiger partial charge in [0, 0.05) is 12.6 Å². The van der Waals surface area contributed by atoms with Gasteiger partial charge in [0.2, 0.25) is 0 Å². The lowest BCUT2D eigenvalue weighted by Crippen LogP contribution is -2.32. The van der Waals surface area contributed by atoms with E-state index in [2.05, 4.69) is 11.9 Å². The maximum absolute atomic E-state index is 5.38. The molecule has 1 saturated heterocycles. The van der Waals surface area contributed by atoms with Crippen LogP contribution in [0.2, 0.25) is 0 Å². The Morgan fingerprint density at radius 1 is 1.62 bits per heavy atom. The summed E-state index contributed by atoms with van der Waals surface area (Å²) in [6.07, 6.45) is 1.88. The second kappa shape index (κ2) is 1.45. The third-order valence-electron chi connectivity index (χ3n) is 2.04. The molecule has 0 bridgehead atoms. The zero-order chi connectivity index (χ0) is 5.56. The summed E-state index contributed by atoms with van der Waals surface area (Å²) in [5, 5.41) is 0. The first-order chi connectivity index (χ1) is 3.88. The summed E-state index contributed by atoms with van der Waals surface area (Å²) in [4.78, 5) is 2.38. The fourth-order valence-electron chi connectivity index (χ4n) is 1.32. The van der Waals surface area contributed by atoms with E-state index in [1.807, 2.05) is 0 Å². The molecule has 0 spiro atoms. The first kappa shape index (κ1) is 4.77. The van der Waals surface area contributed by atoms with E-state index >= 15 is 0 Å². The van der Waals surface area contributed by atoms with Crippen LogP contribution >= 0.6 is 0 Å². The van der Waals surface area contributed by atoms with Crippen molar-refractivity contribution in [3.63, 3.8) is 0 Å². The molecule has 1 aliphatic carbocycles. The molecular weight excluding hydrogens is 102 g/mol. The fourth-order valence-corrected chi connectivity index (χ4v) is 1.32. The van der Waals surface area contributed by atoms with Crippen LogP contribution in [-0.4, -0.2) is 37.2 Å². The molecule has 1 aliphatic heterocycles. The van der Waals surface area contributed by atoms with Crippen molar-refractivity contribution in [1.82, 2.24) is 4.90 Å². The minimum absolute atomic E-state index is 0.605. The van der Waals surface area contributed by atoms with Gasteiger partial charge in [-0.1, -0.05) is 0 Å². The van der Waals surface area contributed by atoms with Crippen LogP contribution in [0.1, 0.15) is 6.42 Å². The van der Waals surface area contributed by atoms with Crippen molar-refractivity contribution in [2.45, 2.75) is 18.6 Å². The predicted octanol–water partition coefficient (Wildman–Crippen LogP) is 0.0893. The minimum Gasteiger partial charge on any atom is -0.375 e. The lowest BCUT2D eigenvalue weighted by atomic mass is 10.5. The highest BCUT2D eigenvalue weighted by atomic mass is 16.5. The second-order valence-electron chi connectivity index (χ2n) is 2.69. The molecular formula is C6H11NO. The van der Waals surface area contributed by atoms with Crippen LogP contribution in [0.4, 0.5) is 0 Å². The Hall–Kier alpha value is -0.0800. The molecule has 8 heavy (non-hydrogen) atoms. The van der Waals surface area contributed by atoms with Crippen molar-refractivity contribution in [2.24, 2.45) is 0 Å². The van der Waals surface area contributed by atoms with E-state index in [1.165, 1.54) is 6.42 Å². The van der Waals surface area contributed by atoms with Crippen LogP contribution in [0.5, 0.6) is 0 Å². The second-order valence-corrected chi connectivity index (χ2v) is 2.69. The monoisotopic (exact) mass is 113 g/mol. The first-order valence-electron chi connectivity index (χ1n) is 3.20. The van der Waals surface area contributed by atoms with Crippen LogP contribution in [0.3, 0.4) is 0 Å². The predicted molar refractivity (Wildman–Crippen MR) is 30.8 cm³/mol. The average molecular weight is 113 g/mol. The summed E-state index contributed by atoms with van der Waals surface area (Å²) in [6, 6.07) is 0.781. The average Bonchev–Trinajstić information content (AvgIpc) is 2.45. The smallest absolute Gasteiger partial charge is 0.0747 e. The van der Waals surface area contributed by atoms with Crippen LogP contribution < -0.4 is 0 Å². The zero-order valence-corrected chi connectivity index (χ0v) is 5.13. The van der Waals surface area contributed by atoms with E-state index in [0.717, 1.165) is 19.2 Å². The Balaban J connectivity index is 1.99. The summed E-state index contributed by atoms with van der Waals surface area (Å²) in [7, 11) is 2.17. The molecule has 2 aliphatic rings. The van der Waals surface area contributed by atoms with Gasteiger partial charge in [0.25, 0.3) is 0 Å². The summed E-state index contributed by atoms with van der Waals surface area (Å²) < 4.78 is 5.38. The van der Waals surface area contributed by atoms with Gasteiger partial charge in [0.1, 0.15) is 0 Å². The van der Waals surface area contributed by atoms with Gasteiger partial charge in [-0.15, -0.1) is 0 Å². The molecule has 2 fully saturated rings. The van der Waals surface area contributed by atoms with Gasteiger partial charge in [-0.25, -0.2) is 0 Å². The number of fused-ring (bicyclic) bond motifs is 1. The zero-order valence-electron chi connectivity index (χ0n) is 5.13. The molecule has 0 aromatic heterocycles. The third-order valence-corrected chi connectivity index (χ3v) is 2.04. The highest BCUT2D eigenvalue weighted by molar-refractivity contribution is 4.97. The van der Waals surface area contributed by atoms with Crippen LogP contribution in [0.15, 0.2) is 0 Å². The molecule has 46 valence electrons. The van der Waals surface area contributed by atoms with E-state index in [0.29, 0.717) is 6.10 Å². The SMILES string of the molecule is CN1CCO[C@@H]2C[C@@H]21. The molecule has 1 saturated carbocycles. The number of likely N-dealkylation sites (N-methyl/N-ethyl adjacent to an activating group) is 1. The molecule has 2 atom stereocenters. The van der Waals surface area contributed by atoms with Gasteiger partial charge >= 0.3 is 0 Å². The topological polar surface area (TPSA) is 12.5 Å². The number of rotatable bonds is 0. The van der Waals surface area contributed by atoms with E-state index in [9.17, 15) is 0 Å². The number of morpholine rings is 1. The van der Waals surface area contributed by atoms with Crippen molar-refractivity contribution in [1.29, 1.82) is 0 Å². The van der Waals surface area contributed by atoms with Gasteiger partial charge in [-0.2, -0.15) is 0 Å². The number of ether oxygens (including phenoxy) is 1. The van der Waals surface area contributed by atoms with Crippen LogP contribution in [-0.2, 0) is 4.74 Å². The van der Waals surface area contributed by atoms with Crippen LogP contribution in [0.25, 0.3) is 0 Å². The summed E-state index contributed by atoms with van der Waals surface area (Å²) in [5.74, 6) is 0. The van der Waals surface area contributed by atoms with Crippen molar-refractivity contribution in [2.75, 3.05) is 20.2 Å². The standard InChI is InChI=1S/C6H11NO/c1-7-2-3-8-6-4-5(6)7/h5-6H,2-4H2,1H3/t5-,6+/m0/s1. The first-order valence-corrected chi connectivity index (χ1v) is 3.20. The Labute approximate surface area is 49.4 Å². The summed E-state index contributed by atoms with van der Waals surface area (Å²) in [6.45, 7) is 2.07. The molecule has 0 amide bonds. The van der Waals surface area contributed by atoms with Crippen LogP contribution in [0, 0.1) is 0 Å². The minimum atomic E-state index is 0.605. The highest BCUT2D eigenvalue weighted by Crippen LogP contribution is 2.32. The molecule has 2 rings (SSSR count). The largest absolute Gasteiger partial charge is 0.375 e. The molecule has 2 nitrogen and oxygen atoms in total. The van der Waals surface area contributed by atoms with E-state index in [4.69, 9.17) is 4.74 Å². The maximum Gasteiger partial charge on any atom is 0.0747 e. The number of hydrogen-bond donors (Lipinski definition) is 0. The molecule has 0 N–H and O–H groups in total. The Bertz CT molecular complexity index is 105. The lowest BCUT2D eigenvalue weighted by molar-refractivity contribution is 0.0424. The quantitative estimate of drug-likeness (QED) is 0.441. The van der Waals surface area contributed by atoms with E-state index < -0.39 is 0 Å².